The Morgan fingerprint density at radius 3 is 0.747 bits per heavy atom. The molecule has 0 rings (SSSR count). The van der Waals surface area contributed by atoms with Crippen LogP contribution in [0.2, 0.25) is 0 Å². The monoisotopic (exact) mass is 1310 g/mol. The summed E-state index contributed by atoms with van der Waals surface area (Å²) in [6.45, 7) is 4.81. The predicted octanol–water partition coefficient (Wildman–Crippen LogP) is 26.8. The van der Waals surface area contributed by atoms with Gasteiger partial charge in [-0.3, -0.25) is 9.36 Å². The molecule has 8 nitrogen and oxygen atoms in total. The standard InChI is InChI=1S/C82H167N2O6P/c1-6-8-10-12-14-16-18-20-22-24-26-28-30-32-34-36-37-38-39-40-41-42-43-44-45-46-47-48-50-52-54-56-58-60-62-64-66-68-70-72-74-76-82(86)83-80(79-90-91(87,88)89-78-77-84(3,4)5)81(85)75-73-71-69-67-65-63-61-59-57-55-53-51-49-35-33-31-29-27-25-23-21-19-17-15-13-11-9-7-2/h80-81,85H,6-79H2,1-5H3,(H-,83,86,87,88). The van der Waals surface area contributed by atoms with Crippen LogP contribution < -0.4 is 10.2 Å². The average molecular weight is 1310 g/mol. The first-order chi connectivity index (χ1) is 44.5. The van der Waals surface area contributed by atoms with Crippen LogP contribution in [0, 0.1) is 0 Å². The van der Waals surface area contributed by atoms with Crippen LogP contribution in [-0.2, 0) is 18.4 Å². The van der Waals surface area contributed by atoms with Crippen molar-refractivity contribution in [2.75, 3.05) is 40.9 Å². The molecule has 0 spiro atoms. The molecule has 9 heteroatoms. The van der Waals surface area contributed by atoms with Crippen LogP contribution >= 0.6 is 7.82 Å². The SMILES string of the molecule is CCCCCCCCCCCCCCCCCCCCCCCCCCCCCCCCCCCCCCCCCCCC(=O)NC(COP(=O)([O-])OCC[N+](C)(C)C)C(O)CCCCCCCCCCCCCCCCCCCCCCCCCCCCCC. The van der Waals surface area contributed by atoms with Crippen LogP contribution in [-0.4, -0.2) is 68.5 Å². The van der Waals surface area contributed by atoms with Gasteiger partial charge in [0, 0.05) is 6.42 Å². The Balaban J connectivity index is 3.83. The molecule has 3 unspecified atom stereocenters. The molecule has 0 aliphatic rings. The number of phosphoric acid groups is 1. The molecule has 0 saturated carbocycles. The number of amides is 1. The summed E-state index contributed by atoms with van der Waals surface area (Å²) >= 11 is 0. The highest BCUT2D eigenvalue weighted by Crippen LogP contribution is 2.38. The van der Waals surface area contributed by atoms with E-state index in [2.05, 4.69) is 19.2 Å². The van der Waals surface area contributed by atoms with E-state index >= 15 is 0 Å². The van der Waals surface area contributed by atoms with E-state index in [1.54, 1.807) is 0 Å². The fraction of sp³-hybridized carbons (Fsp3) is 0.988. The van der Waals surface area contributed by atoms with Crippen molar-refractivity contribution in [2.24, 2.45) is 0 Å². The molecule has 546 valence electrons. The molecule has 91 heavy (non-hydrogen) atoms. The van der Waals surface area contributed by atoms with E-state index in [1.807, 2.05) is 21.1 Å². The predicted molar refractivity (Wildman–Crippen MR) is 400 cm³/mol. The molecule has 2 N–H and O–H groups in total. The summed E-state index contributed by atoms with van der Waals surface area (Å²) < 4.78 is 23.6. The number of likely N-dealkylation sites (N-methyl/N-ethyl adjacent to an activating group) is 1. The lowest BCUT2D eigenvalue weighted by atomic mass is 10.0. The maximum atomic E-state index is 13.1. The summed E-state index contributed by atoms with van der Waals surface area (Å²) in [5.74, 6) is -0.151. The van der Waals surface area contributed by atoms with Crippen molar-refractivity contribution in [3.05, 3.63) is 0 Å². The van der Waals surface area contributed by atoms with E-state index in [4.69, 9.17) is 9.05 Å². The molecule has 0 aliphatic heterocycles. The van der Waals surface area contributed by atoms with Crippen molar-refractivity contribution >= 4 is 13.7 Å². The van der Waals surface area contributed by atoms with Gasteiger partial charge in [0.15, 0.2) is 0 Å². The van der Waals surface area contributed by atoms with E-state index in [1.165, 1.54) is 405 Å². The van der Waals surface area contributed by atoms with Crippen molar-refractivity contribution in [2.45, 2.75) is 482 Å². The van der Waals surface area contributed by atoms with Gasteiger partial charge in [0.1, 0.15) is 13.2 Å². The number of nitrogens with one attached hydrogen (secondary N) is 1. The van der Waals surface area contributed by atoms with Crippen LogP contribution in [0.3, 0.4) is 0 Å². The van der Waals surface area contributed by atoms with E-state index in [-0.39, 0.29) is 19.1 Å². The number of nitrogens with zero attached hydrogens (tertiary/aromatic N) is 1. The van der Waals surface area contributed by atoms with Crippen molar-refractivity contribution in [1.29, 1.82) is 0 Å². The van der Waals surface area contributed by atoms with Crippen LogP contribution in [0.4, 0.5) is 0 Å². The summed E-state index contributed by atoms with van der Waals surface area (Å²) in [7, 11) is 1.34. The quantitative estimate of drug-likeness (QED) is 0.0357. The molecule has 0 radical (unpaired) electrons. The van der Waals surface area contributed by atoms with Gasteiger partial charge in [-0.2, -0.15) is 0 Å². The van der Waals surface area contributed by atoms with Gasteiger partial charge in [-0.05, 0) is 12.8 Å². The number of phosphoric ester groups is 1. The number of unbranched alkanes of at least 4 members (excludes halogenated alkanes) is 67. The fourth-order valence-electron chi connectivity index (χ4n) is 13.6. The highest BCUT2D eigenvalue weighted by atomic mass is 31.2. The zero-order chi connectivity index (χ0) is 66.2. The van der Waals surface area contributed by atoms with Gasteiger partial charge in [-0.25, -0.2) is 0 Å². The minimum atomic E-state index is -4.58. The first kappa shape index (κ1) is 90.5. The van der Waals surface area contributed by atoms with E-state index in [0.29, 0.717) is 23.9 Å². The lowest BCUT2D eigenvalue weighted by Crippen LogP contribution is -2.46. The Morgan fingerprint density at radius 2 is 0.538 bits per heavy atom. The lowest BCUT2D eigenvalue weighted by Gasteiger charge is -2.30. The maximum absolute atomic E-state index is 13.1. The molecule has 0 fully saturated rings. The van der Waals surface area contributed by atoms with Gasteiger partial charge in [0.05, 0.1) is 39.9 Å². The molecule has 0 aromatic rings. The Bertz CT molecular complexity index is 1440. The zero-order valence-electron chi connectivity index (χ0n) is 62.9. The van der Waals surface area contributed by atoms with Crippen LogP contribution in [0.25, 0.3) is 0 Å². The number of quaternary nitrogens is 1. The highest BCUT2D eigenvalue weighted by molar-refractivity contribution is 7.45. The Hall–Kier alpha value is -0.500. The molecule has 0 heterocycles. The van der Waals surface area contributed by atoms with Gasteiger partial charge in [0.2, 0.25) is 5.91 Å². The summed E-state index contributed by atoms with van der Waals surface area (Å²) in [5, 5.41) is 14.2. The second-order valence-electron chi connectivity index (χ2n) is 30.6. The third-order valence-electron chi connectivity index (χ3n) is 20.1. The minimum absolute atomic E-state index is 0.0172. The van der Waals surface area contributed by atoms with Crippen LogP contribution in [0.5, 0.6) is 0 Å². The van der Waals surface area contributed by atoms with Gasteiger partial charge in [0.25, 0.3) is 7.82 Å². The first-order valence-electron chi connectivity index (χ1n) is 41.9. The minimum Gasteiger partial charge on any atom is -0.756 e. The van der Waals surface area contributed by atoms with Crippen molar-refractivity contribution in [3.63, 3.8) is 0 Å². The molecule has 0 bridgehead atoms. The van der Waals surface area contributed by atoms with E-state index in [9.17, 15) is 19.4 Å². The van der Waals surface area contributed by atoms with Crippen molar-refractivity contribution in [1.82, 2.24) is 5.32 Å². The molecule has 0 aromatic carbocycles. The fourth-order valence-corrected chi connectivity index (χ4v) is 14.4. The largest absolute Gasteiger partial charge is 0.756 e. The highest BCUT2D eigenvalue weighted by Gasteiger charge is 2.24. The Kier molecular flexibility index (Phi) is 73.3. The van der Waals surface area contributed by atoms with Crippen molar-refractivity contribution in [3.8, 4) is 0 Å². The topological polar surface area (TPSA) is 108 Å². The van der Waals surface area contributed by atoms with Crippen LogP contribution in [0.15, 0.2) is 0 Å². The molecular weight excluding hydrogens is 1140 g/mol. The van der Waals surface area contributed by atoms with Gasteiger partial charge in [-0.15, -0.1) is 0 Å². The smallest absolute Gasteiger partial charge is 0.268 e. The van der Waals surface area contributed by atoms with E-state index < -0.39 is 20.0 Å². The molecule has 1 amide bonds. The molecule has 3 atom stereocenters. The third-order valence-corrected chi connectivity index (χ3v) is 21.1. The number of hydrogen-bond acceptors (Lipinski definition) is 6. The van der Waals surface area contributed by atoms with Gasteiger partial charge >= 0.3 is 0 Å². The van der Waals surface area contributed by atoms with Gasteiger partial charge < -0.3 is 28.8 Å². The van der Waals surface area contributed by atoms with Crippen LogP contribution in [0.1, 0.15) is 470 Å². The Morgan fingerprint density at radius 1 is 0.341 bits per heavy atom. The second-order valence-corrected chi connectivity index (χ2v) is 32.0. The number of carbonyl (C=O) groups is 1. The van der Waals surface area contributed by atoms with Crippen molar-refractivity contribution < 1.29 is 32.9 Å². The molecular formula is C82H167N2O6P. The zero-order valence-corrected chi connectivity index (χ0v) is 63.8. The van der Waals surface area contributed by atoms with Gasteiger partial charge in [-0.1, -0.05) is 450 Å². The normalized spacial score (nSPS) is 13.4. The summed E-state index contributed by atoms with van der Waals surface area (Å²) in [6.07, 6.45) is 95.4. The number of hydrogen-bond donors (Lipinski definition) is 2. The lowest BCUT2D eigenvalue weighted by molar-refractivity contribution is -0.870. The number of rotatable bonds is 80. The second kappa shape index (κ2) is 73.7. The molecule has 0 aromatic heterocycles. The van der Waals surface area contributed by atoms with E-state index in [0.717, 1.165) is 38.5 Å². The number of aliphatic hydroxyl groups is 1. The summed E-state index contributed by atoms with van der Waals surface area (Å²) in [5.41, 5.74) is 0. The first-order valence-corrected chi connectivity index (χ1v) is 43.3. The number of aliphatic hydroxyl groups excluding tert-OH is 1. The number of carbonyl (C=O) groups excluding carboxylic acids is 1. The molecule has 0 aliphatic carbocycles. The summed E-state index contributed by atoms with van der Waals surface area (Å²) in [4.78, 5) is 25.8. The maximum Gasteiger partial charge on any atom is 0.268 e. The average Bonchev–Trinajstić information content (AvgIpc) is 3.59. The molecule has 0 saturated heterocycles. The Labute approximate surface area is 571 Å². The third kappa shape index (κ3) is 76.7. The summed E-state index contributed by atoms with van der Waals surface area (Å²) in [6, 6.07) is -0.798.